The number of hydrogen-bond acceptors (Lipinski definition) is 4. The van der Waals surface area contributed by atoms with Crippen molar-refractivity contribution in [3.8, 4) is 11.5 Å². The minimum Gasteiger partial charge on any atom is -0.457 e. The van der Waals surface area contributed by atoms with E-state index in [1.165, 1.54) is 0 Å². The van der Waals surface area contributed by atoms with Crippen LogP contribution >= 0.6 is 0 Å². The fraction of sp³-hybridized carbons (Fsp3) is 0.0233. The lowest BCUT2D eigenvalue weighted by Gasteiger charge is -2.38. The van der Waals surface area contributed by atoms with Crippen LogP contribution in [-0.2, 0) is 5.60 Å². The van der Waals surface area contributed by atoms with E-state index in [2.05, 4.69) is 125 Å². The maximum absolute atomic E-state index is 13.2. The highest BCUT2D eigenvalue weighted by Gasteiger charge is 2.43. The number of rotatable bonds is 7. The number of hydrogen-bond donors (Lipinski definition) is 1. The number of nitrogens with zero attached hydrogens (tertiary/aromatic N) is 2. The van der Waals surface area contributed by atoms with Crippen molar-refractivity contribution in [2.24, 2.45) is 0 Å². The molecule has 0 bridgehead atoms. The molecule has 4 nitrogen and oxygen atoms in total. The molecule has 47 heavy (non-hydrogen) atoms. The van der Waals surface area contributed by atoms with Gasteiger partial charge in [-0.05, 0) is 84.4 Å². The van der Waals surface area contributed by atoms with Crippen molar-refractivity contribution in [2.45, 2.75) is 5.60 Å². The average Bonchev–Trinajstić information content (AvgIpc) is 3.14. The quantitative estimate of drug-likeness (QED) is 0.195. The van der Waals surface area contributed by atoms with E-state index in [-0.39, 0.29) is 0 Å². The van der Waals surface area contributed by atoms with E-state index in [9.17, 15) is 5.11 Å². The number of anilines is 6. The summed E-state index contributed by atoms with van der Waals surface area (Å²) in [4.78, 5) is 4.48. The molecule has 1 aliphatic rings. The Morgan fingerprint density at radius 2 is 0.681 bits per heavy atom. The van der Waals surface area contributed by atoms with Gasteiger partial charge in [0.2, 0.25) is 0 Å². The molecule has 226 valence electrons. The van der Waals surface area contributed by atoms with Crippen LogP contribution in [0.4, 0.5) is 34.1 Å². The van der Waals surface area contributed by atoms with E-state index >= 15 is 0 Å². The predicted octanol–water partition coefficient (Wildman–Crippen LogP) is 11.0. The third-order valence-electron chi connectivity index (χ3n) is 8.67. The van der Waals surface area contributed by atoms with Gasteiger partial charge in [0.1, 0.15) is 17.1 Å². The molecular weight excluding hydrogens is 576 g/mol. The average molecular weight is 609 g/mol. The second kappa shape index (κ2) is 12.0. The van der Waals surface area contributed by atoms with Crippen LogP contribution in [0.2, 0.25) is 0 Å². The van der Waals surface area contributed by atoms with E-state index in [0.29, 0.717) is 22.6 Å². The van der Waals surface area contributed by atoms with Gasteiger partial charge in [0.15, 0.2) is 0 Å². The Kier molecular flexibility index (Phi) is 7.25. The molecule has 7 aromatic carbocycles. The van der Waals surface area contributed by atoms with E-state index in [4.69, 9.17) is 4.74 Å². The standard InChI is InChI=1S/C43H32N2O2/c46-43(39-25-13-15-27-41(39)47-42-28-16-14-26-40(42)43)32-29-37(44(33-17-5-1-6-18-33)34-19-7-2-8-20-34)31-38(30-32)45(35-21-9-3-10-22-35)36-23-11-4-12-24-36/h1-31,46H. The molecule has 8 rings (SSSR count). The maximum Gasteiger partial charge on any atom is 0.147 e. The van der Waals surface area contributed by atoms with Crippen LogP contribution in [0.25, 0.3) is 0 Å². The minimum absolute atomic E-state index is 0.631. The van der Waals surface area contributed by atoms with Gasteiger partial charge in [0.05, 0.1) is 0 Å². The lowest BCUT2D eigenvalue weighted by Crippen LogP contribution is -2.33. The first-order chi connectivity index (χ1) is 23.2. The highest BCUT2D eigenvalue weighted by Crippen LogP contribution is 2.52. The Bertz CT molecular complexity index is 1910. The van der Waals surface area contributed by atoms with Gasteiger partial charge in [0.25, 0.3) is 0 Å². The summed E-state index contributed by atoms with van der Waals surface area (Å²) < 4.78 is 6.35. The Labute approximate surface area is 275 Å². The van der Waals surface area contributed by atoms with Crippen molar-refractivity contribution in [1.29, 1.82) is 0 Å². The summed E-state index contributed by atoms with van der Waals surface area (Å²) in [5.41, 5.74) is 6.44. The molecule has 1 heterocycles. The number of aliphatic hydroxyl groups is 1. The Morgan fingerprint density at radius 1 is 0.362 bits per heavy atom. The SMILES string of the molecule is OC1(c2cc(N(c3ccccc3)c3ccccc3)cc(N(c3ccccc3)c3ccccc3)c2)c2ccccc2Oc2ccccc21. The van der Waals surface area contributed by atoms with Crippen molar-refractivity contribution in [2.75, 3.05) is 9.80 Å². The lowest BCUT2D eigenvalue weighted by molar-refractivity contribution is 0.113. The molecular formula is C43H32N2O2. The monoisotopic (exact) mass is 608 g/mol. The van der Waals surface area contributed by atoms with Gasteiger partial charge >= 0.3 is 0 Å². The third kappa shape index (κ3) is 5.11. The van der Waals surface area contributed by atoms with Crippen molar-refractivity contribution < 1.29 is 9.84 Å². The first kappa shape index (κ1) is 28.4. The molecule has 4 heteroatoms. The van der Waals surface area contributed by atoms with Gasteiger partial charge in [-0.3, -0.25) is 0 Å². The van der Waals surface area contributed by atoms with Gasteiger partial charge in [-0.15, -0.1) is 0 Å². The molecule has 0 saturated carbocycles. The number of ether oxygens (including phenoxy) is 1. The lowest BCUT2D eigenvalue weighted by atomic mass is 9.77. The van der Waals surface area contributed by atoms with E-state index < -0.39 is 5.60 Å². The van der Waals surface area contributed by atoms with Crippen molar-refractivity contribution >= 4 is 34.1 Å². The van der Waals surface area contributed by atoms with Gasteiger partial charge < -0.3 is 19.6 Å². The summed E-state index contributed by atoms with van der Waals surface area (Å²) in [6.07, 6.45) is 0. The van der Waals surface area contributed by atoms with Crippen LogP contribution in [-0.4, -0.2) is 5.11 Å². The fourth-order valence-corrected chi connectivity index (χ4v) is 6.55. The summed E-state index contributed by atoms with van der Waals surface area (Å²) in [5.74, 6) is 1.26. The minimum atomic E-state index is -1.51. The van der Waals surface area contributed by atoms with Crippen LogP contribution in [0.15, 0.2) is 188 Å². The summed E-state index contributed by atoms with van der Waals surface area (Å²) in [6, 6.07) is 63.3. The third-order valence-corrected chi connectivity index (χ3v) is 8.67. The van der Waals surface area contributed by atoms with Crippen LogP contribution in [0, 0.1) is 0 Å². The van der Waals surface area contributed by atoms with Crippen molar-refractivity contribution in [3.63, 3.8) is 0 Å². The zero-order chi connectivity index (χ0) is 31.6. The van der Waals surface area contributed by atoms with Gasteiger partial charge in [-0.25, -0.2) is 0 Å². The van der Waals surface area contributed by atoms with Crippen molar-refractivity contribution in [1.82, 2.24) is 0 Å². The number of fused-ring (bicyclic) bond motifs is 2. The largest absolute Gasteiger partial charge is 0.457 e. The molecule has 0 atom stereocenters. The molecule has 0 radical (unpaired) electrons. The molecule has 0 fully saturated rings. The van der Waals surface area contributed by atoms with Crippen molar-refractivity contribution in [3.05, 3.63) is 205 Å². The summed E-state index contributed by atoms with van der Waals surface area (Å²) in [7, 11) is 0. The van der Waals surface area contributed by atoms with Crippen LogP contribution in [0.5, 0.6) is 11.5 Å². The first-order valence-corrected chi connectivity index (χ1v) is 15.8. The Hall–Kier alpha value is -6.10. The first-order valence-electron chi connectivity index (χ1n) is 15.8. The normalized spacial score (nSPS) is 12.7. The van der Waals surface area contributed by atoms with Gasteiger partial charge in [-0.2, -0.15) is 0 Å². The second-order valence-corrected chi connectivity index (χ2v) is 11.6. The number of para-hydroxylation sites is 6. The topological polar surface area (TPSA) is 35.9 Å². The van der Waals surface area contributed by atoms with E-state index in [0.717, 1.165) is 39.7 Å². The fourth-order valence-electron chi connectivity index (χ4n) is 6.55. The highest BCUT2D eigenvalue weighted by atomic mass is 16.5. The van der Waals surface area contributed by atoms with Crippen LogP contribution in [0.3, 0.4) is 0 Å². The van der Waals surface area contributed by atoms with Gasteiger partial charge in [0, 0.05) is 45.3 Å². The van der Waals surface area contributed by atoms with Gasteiger partial charge in [-0.1, -0.05) is 109 Å². The van der Waals surface area contributed by atoms with Crippen LogP contribution < -0.4 is 14.5 Å². The Morgan fingerprint density at radius 3 is 1.04 bits per heavy atom. The molecule has 0 aliphatic carbocycles. The molecule has 0 amide bonds. The summed E-state index contributed by atoms with van der Waals surface area (Å²) in [5, 5.41) is 13.2. The van der Waals surface area contributed by atoms with Crippen LogP contribution in [0.1, 0.15) is 16.7 Å². The summed E-state index contributed by atoms with van der Waals surface area (Å²) >= 11 is 0. The van der Waals surface area contributed by atoms with E-state index in [1.807, 2.05) is 72.8 Å². The zero-order valence-electron chi connectivity index (χ0n) is 25.6. The number of benzene rings is 7. The zero-order valence-corrected chi connectivity index (χ0v) is 25.6. The molecule has 0 saturated heterocycles. The highest BCUT2D eigenvalue weighted by molar-refractivity contribution is 5.84. The smallest absolute Gasteiger partial charge is 0.147 e. The molecule has 1 N–H and O–H groups in total. The maximum atomic E-state index is 13.2. The summed E-state index contributed by atoms with van der Waals surface area (Å²) in [6.45, 7) is 0. The Balaban J connectivity index is 1.45. The molecule has 7 aromatic rings. The molecule has 1 aliphatic heterocycles. The molecule has 0 unspecified atom stereocenters. The predicted molar refractivity (Wildman–Crippen MR) is 191 cm³/mol. The van der Waals surface area contributed by atoms with E-state index in [1.54, 1.807) is 0 Å². The molecule has 0 spiro atoms. The second-order valence-electron chi connectivity index (χ2n) is 11.6. The molecule has 0 aromatic heterocycles.